The normalized spacial score (nSPS) is 20.0. The molecule has 2 aliphatic heterocycles. The van der Waals surface area contributed by atoms with Crippen molar-refractivity contribution in [2.24, 2.45) is 0 Å². The smallest absolute Gasteiger partial charge is 0.119 e. The molecular weight excluding hydrogens is 400 g/mol. The quantitative estimate of drug-likeness (QED) is 0.689. The van der Waals surface area contributed by atoms with Crippen molar-refractivity contribution in [2.75, 3.05) is 52.4 Å². The topological polar surface area (TPSA) is 63.0 Å². The van der Waals surface area contributed by atoms with Gasteiger partial charge < -0.3 is 9.84 Å². The summed E-state index contributed by atoms with van der Waals surface area (Å²) in [5, 5.41) is 19.5. The third-order valence-corrected chi connectivity index (χ3v) is 6.60. The highest BCUT2D eigenvalue weighted by molar-refractivity contribution is 5.32. The number of aliphatic hydroxyl groups is 1. The third kappa shape index (κ3) is 6.54. The maximum atomic E-state index is 10.4. The van der Waals surface area contributed by atoms with Crippen LogP contribution in [0.5, 0.6) is 5.75 Å². The number of para-hydroxylation sites is 1. The Balaban J connectivity index is 1.14. The molecule has 1 atom stereocenters. The van der Waals surface area contributed by atoms with E-state index in [1.807, 2.05) is 48.5 Å². The first-order valence-electron chi connectivity index (χ1n) is 11.7. The van der Waals surface area contributed by atoms with Gasteiger partial charge in [0.1, 0.15) is 18.5 Å². The minimum Gasteiger partial charge on any atom is -0.491 e. The molecule has 2 aliphatic rings. The average molecular weight is 435 g/mol. The zero-order valence-electron chi connectivity index (χ0n) is 18.8. The number of hydrogen-bond acceptors (Lipinski definition) is 6. The number of hydrogen-bond donors (Lipinski definition) is 1. The number of piperidine rings is 1. The van der Waals surface area contributed by atoms with E-state index in [1.54, 1.807) is 0 Å². The summed E-state index contributed by atoms with van der Waals surface area (Å²) in [6.07, 6.45) is 1.93. The Kier molecular flexibility index (Phi) is 8.13. The number of ether oxygens (including phenoxy) is 1. The van der Waals surface area contributed by atoms with Crippen molar-refractivity contribution in [1.29, 1.82) is 5.26 Å². The van der Waals surface area contributed by atoms with Crippen LogP contribution in [0, 0.1) is 11.3 Å². The van der Waals surface area contributed by atoms with E-state index in [0.29, 0.717) is 19.2 Å². The first kappa shape index (κ1) is 22.8. The number of benzene rings is 2. The molecule has 0 saturated carbocycles. The summed E-state index contributed by atoms with van der Waals surface area (Å²) in [6, 6.07) is 20.5. The van der Waals surface area contributed by atoms with Crippen LogP contribution in [0.2, 0.25) is 0 Å². The van der Waals surface area contributed by atoms with E-state index in [-0.39, 0.29) is 0 Å². The molecule has 1 N–H and O–H groups in total. The molecule has 0 aliphatic carbocycles. The van der Waals surface area contributed by atoms with Crippen molar-refractivity contribution in [3.05, 3.63) is 65.7 Å². The van der Waals surface area contributed by atoms with E-state index >= 15 is 0 Å². The molecule has 2 aromatic carbocycles. The van der Waals surface area contributed by atoms with E-state index < -0.39 is 6.10 Å². The number of nitriles is 1. The monoisotopic (exact) mass is 434 g/mol. The van der Waals surface area contributed by atoms with Gasteiger partial charge in [-0.1, -0.05) is 30.3 Å². The average Bonchev–Trinajstić information content (AvgIpc) is 2.84. The second-order valence-corrected chi connectivity index (χ2v) is 8.93. The lowest BCUT2D eigenvalue weighted by Gasteiger charge is -2.43. The summed E-state index contributed by atoms with van der Waals surface area (Å²) in [4.78, 5) is 7.50. The second kappa shape index (κ2) is 11.4. The Hall–Kier alpha value is -2.43. The summed E-state index contributed by atoms with van der Waals surface area (Å²) >= 11 is 0. The van der Waals surface area contributed by atoms with Gasteiger partial charge in [-0.05, 0) is 55.8 Å². The molecule has 0 amide bonds. The summed E-state index contributed by atoms with van der Waals surface area (Å²) < 4.78 is 5.68. The zero-order valence-corrected chi connectivity index (χ0v) is 18.8. The molecule has 2 aromatic rings. The summed E-state index contributed by atoms with van der Waals surface area (Å²) in [7, 11) is 0. The lowest BCUT2D eigenvalue weighted by molar-refractivity contribution is 0.0242. The molecule has 0 aromatic heterocycles. The predicted molar refractivity (Wildman–Crippen MR) is 125 cm³/mol. The van der Waals surface area contributed by atoms with Gasteiger partial charge in [0, 0.05) is 45.3 Å². The van der Waals surface area contributed by atoms with Gasteiger partial charge in [0.25, 0.3) is 0 Å². The van der Waals surface area contributed by atoms with E-state index in [1.165, 1.54) is 18.4 Å². The van der Waals surface area contributed by atoms with Crippen LogP contribution in [0.15, 0.2) is 54.6 Å². The minimum atomic E-state index is -0.468. The van der Waals surface area contributed by atoms with Crippen LogP contribution in [0.1, 0.15) is 24.0 Å². The molecule has 170 valence electrons. The second-order valence-electron chi connectivity index (χ2n) is 8.93. The maximum Gasteiger partial charge on any atom is 0.119 e. The molecule has 0 radical (unpaired) electrons. The molecule has 6 heteroatoms. The van der Waals surface area contributed by atoms with E-state index in [4.69, 9.17) is 10.00 Å². The molecule has 6 nitrogen and oxygen atoms in total. The molecule has 0 bridgehead atoms. The highest BCUT2D eigenvalue weighted by Crippen LogP contribution is 2.20. The molecule has 1 unspecified atom stereocenters. The number of rotatable bonds is 8. The van der Waals surface area contributed by atoms with Gasteiger partial charge >= 0.3 is 0 Å². The first-order valence-corrected chi connectivity index (χ1v) is 11.7. The van der Waals surface area contributed by atoms with Gasteiger partial charge in [-0.3, -0.25) is 14.7 Å². The van der Waals surface area contributed by atoms with E-state index in [9.17, 15) is 5.11 Å². The van der Waals surface area contributed by atoms with Gasteiger partial charge in [-0.25, -0.2) is 0 Å². The predicted octanol–water partition coefficient (Wildman–Crippen LogP) is 2.58. The number of β-amino-alcohol motifs (C(OH)–C–C–N with tert-alkyl or cyclic N) is 1. The molecule has 2 heterocycles. The van der Waals surface area contributed by atoms with Gasteiger partial charge in [0.15, 0.2) is 0 Å². The highest BCUT2D eigenvalue weighted by atomic mass is 16.5. The van der Waals surface area contributed by atoms with Gasteiger partial charge in [0.2, 0.25) is 0 Å². The zero-order chi connectivity index (χ0) is 22.2. The van der Waals surface area contributed by atoms with Crippen LogP contribution in [0.4, 0.5) is 0 Å². The van der Waals surface area contributed by atoms with Crippen LogP contribution in [-0.2, 0) is 6.54 Å². The first-order chi connectivity index (χ1) is 15.7. The number of aliphatic hydroxyl groups excluding tert-OH is 1. The lowest BCUT2D eigenvalue weighted by Crippen LogP contribution is -2.54. The summed E-state index contributed by atoms with van der Waals surface area (Å²) in [6.45, 7) is 8.30. The molecule has 0 spiro atoms. The van der Waals surface area contributed by atoms with Crippen molar-refractivity contribution < 1.29 is 9.84 Å². The fourth-order valence-corrected chi connectivity index (χ4v) is 4.81. The number of likely N-dealkylation sites (tertiary alicyclic amines) is 1. The Morgan fingerprint density at radius 2 is 1.69 bits per heavy atom. The Morgan fingerprint density at radius 3 is 2.41 bits per heavy atom. The maximum absolute atomic E-state index is 10.4. The van der Waals surface area contributed by atoms with Crippen LogP contribution in [-0.4, -0.2) is 84.4 Å². The van der Waals surface area contributed by atoms with Gasteiger partial charge in [0.05, 0.1) is 11.6 Å². The van der Waals surface area contributed by atoms with Crippen LogP contribution < -0.4 is 4.74 Å². The largest absolute Gasteiger partial charge is 0.491 e. The SMILES string of the molecule is N#Cc1cccc(CN2CCC(N3CCN(CC(O)COc4ccccc4)CC3)CC2)c1. The molecule has 2 saturated heterocycles. The van der Waals surface area contributed by atoms with Gasteiger partial charge in [-0.15, -0.1) is 0 Å². The molecule has 32 heavy (non-hydrogen) atoms. The number of nitrogens with zero attached hydrogens (tertiary/aromatic N) is 4. The summed E-state index contributed by atoms with van der Waals surface area (Å²) in [5.41, 5.74) is 1.97. The van der Waals surface area contributed by atoms with E-state index in [0.717, 1.165) is 57.1 Å². The van der Waals surface area contributed by atoms with Gasteiger partial charge in [-0.2, -0.15) is 5.26 Å². The fraction of sp³-hybridized carbons (Fsp3) is 0.500. The van der Waals surface area contributed by atoms with Crippen LogP contribution in [0.3, 0.4) is 0 Å². The van der Waals surface area contributed by atoms with Crippen LogP contribution >= 0.6 is 0 Å². The Labute approximate surface area is 191 Å². The van der Waals surface area contributed by atoms with Crippen LogP contribution in [0.25, 0.3) is 0 Å². The van der Waals surface area contributed by atoms with Crippen molar-refractivity contribution in [3.8, 4) is 11.8 Å². The van der Waals surface area contributed by atoms with E-state index in [2.05, 4.69) is 26.8 Å². The third-order valence-electron chi connectivity index (χ3n) is 6.60. The highest BCUT2D eigenvalue weighted by Gasteiger charge is 2.28. The minimum absolute atomic E-state index is 0.333. The molecule has 2 fully saturated rings. The fourth-order valence-electron chi connectivity index (χ4n) is 4.81. The molecule has 4 rings (SSSR count). The molecular formula is C26H34N4O2. The Bertz CT molecular complexity index is 869. The Morgan fingerprint density at radius 1 is 0.938 bits per heavy atom. The van der Waals surface area contributed by atoms with Crippen molar-refractivity contribution in [3.63, 3.8) is 0 Å². The van der Waals surface area contributed by atoms with Crippen molar-refractivity contribution >= 4 is 0 Å². The number of piperazine rings is 1. The standard InChI is InChI=1S/C26H34N4O2/c27-18-22-5-4-6-23(17-22)19-28-11-9-24(10-12-28)30-15-13-29(14-16-30)20-25(31)21-32-26-7-2-1-3-8-26/h1-8,17,24-25,31H,9-16,19-21H2. The van der Waals surface area contributed by atoms with Crippen molar-refractivity contribution in [2.45, 2.75) is 31.5 Å². The lowest BCUT2D eigenvalue weighted by atomic mass is 10.0. The summed E-state index contributed by atoms with van der Waals surface area (Å²) in [5.74, 6) is 0.806. The van der Waals surface area contributed by atoms with Crippen molar-refractivity contribution in [1.82, 2.24) is 14.7 Å².